The highest BCUT2D eigenvalue weighted by Crippen LogP contribution is 2.27. The van der Waals surface area contributed by atoms with Crippen LogP contribution in [-0.2, 0) is 6.54 Å². The fraction of sp³-hybridized carbons (Fsp3) is 0.190. The van der Waals surface area contributed by atoms with Gasteiger partial charge in [-0.15, -0.1) is 11.3 Å². The van der Waals surface area contributed by atoms with Crippen LogP contribution in [0.15, 0.2) is 54.0 Å². The van der Waals surface area contributed by atoms with Crippen LogP contribution in [0.4, 0.5) is 10.1 Å². The Labute approximate surface area is 166 Å². The summed E-state index contributed by atoms with van der Waals surface area (Å²) in [6.07, 6.45) is 2.77. The Morgan fingerprint density at radius 3 is 2.89 bits per heavy atom. The quantitative estimate of drug-likeness (QED) is 0.383. The van der Waals surface area contributed by atoms with Gasteiger partial charge in [0.25, 0.3) is 0 Å². The molecule has 27 heavy (non-hydrogen) atoms. The van der Waals surface area contributed by atoms with Gasteiger partial charge < -0.3 is 10.6 Å². The summed E-state index contributed by atoms with van der Waals surface area (Å²) in [4.78, 5) is 4.36. The zero-order valence-electron chi connectivity index (χ0n) is 14.6. The van der Waals surface area contributed by atoms with Gasteiger partial charge in [-0.25, -0.2) is 4.39 Å². The number of pyridine rings is 1. The summed E-state index contributed by atoms with van der Waals surface area (Å²) in [5.74, 6) is -0.183. The van der Waals surface area contributed by atoms with Crippen molar-refractivity contribution >= 4 is 49.6 Å². The molecule has 0 amide bonds. The molecule has 0 radical (unpaired) electrons. The van der Waals surface area contributed by atoms with Gasteiger partial charge in [0.2, 0.25) is 0 Å². The third-order valence-electron chi connectivity index (χ3n) is 4.48. The van der Waals surface area contributed by atoms with Crippen LogP contribution in [0.3, 0.4) is 0 Å². The van der Waals surface area contributed by atoms with E-state index in [9.17, 15) is 4.39 Å². The molecule has 4 rings (SSSR count). The third kappa shape index (κ3) is 4.21. The molecule has 0 saturated heterocycles. The van der Waals surface area contributed by atoms with Gasteiger partial charge in [-0.05, 0) is 71.8 Å². The predicted molar refractivity (Wildman–Crippen MR) is 113 cm³/mol. The molecule has 0 bridgehead atoms. The van der Waals surface area contributed by atoms with Crippen LogP contribution in [0, 0.1) is 5.82 Å². The van der Waals surface area contributed by atoms with Crippen molar-refractivity contribution in [2.24, 2.45) is 0 Å². The first-order valence-electron chi connectivity index (χ1n) is 8.85. The van der Waals surface area contributed by atoms with Crippen molar-refractivity contribution in [3.05, 3.63) is 70.4 Å². The number of nitrogens with one attached hydrogen (secondary N) is 2. The molecule has 0 aliphatic heterocycles. The molecule has 0 aliphatic rings. The van der Waals surface area contributed by atoms with Crippen LogP contribution in [0.5, 0.6) is 0 Å². The smallest absolute Gasteiger partial charge is 0.123 e. The summed E-state index contributed by atoms with van der Waals surface area (Å²) in [5, 5.41) is 11.8. The minimum Gasteiger partial charge on any atom is -0.384 e. The molecule has 2 N–H and O–H groups in total. The molecular weight excluding hydrogens is 381 g/mol. The van der Waals surface area contributed by atoms with Gasteiger partial charge in [-0.1, -0.05) is 11.6 Å². The molecule has 0 fully saturated rings. The van der Waals surface area contributed by atoms with E-state index >= 15 is 0 Å². The average molecular weight is 400 g/mol. The Bertz CT molecular complexity index is 1080. The van der Waals surface area contributed by atoms with Gasteiger partial charge >= 0.3 is 0 Å². The number of hydrogen-bond donors (Lipinski definition) is 2. The van der Waals surface area contributed by atoms with E-state index in [0.29, 0.717) is 5.02 Å². The van der Waals surface area contributed by atoms with E-state index in [1.165, 1.54) is 6.07 Å². The molecule has 4 aromatic rings. The highest BCUT2D eigenvalue weighted by molar-refractivity contribution is 7.17. The van der Waals surface area contributed by atoms with Crippen molar-refractivity contribution in [3.8, 4) is 0 Å². The van der Waals surface area contributed by atoms with Gasteiger partial charge in [0, 0.05) is 40.1 Å². The van der Waals surface area contributed by atoms with E-state index in [1.807, 2.05) is 30.3 Å². The van der Waals surface area contributed by atoms with Crippen molar-refractivity contribution in [1.29, 1.82) is 0 Å². The maximum atomic E-state index is 13.4. The predicted octanol–water partition coefficient (Wildman–Crippen LogP) is 5.83. The van der Waals surface area contributed by atoms with Crippen molar-refractivity contribution < 1.29 is 4.39 Å². The zero-order valence-corrected chi connectivity index (χ0v) is 16.2. The number of halogens is 2. The number of aromatic nitrogens is 1. The van der Waals surface area contributed by atoms with E-state index in [-0.39, 0.29) is 5.82 Å². The lowest BCUT2D eigenvalue weighted by Gasteiger charge is -2.10. The number of benzene rings is 2. The Balaban J connectivity index is 1.28. The largest absolute Gasteiger partial charge is 0.384 e. The van der Waals surface area contributed by atoms with Crippen LogP contribution >= 0.6 is 22.9 Å². The molecule has 0 spiro atoms. The van der Waals surface area contributed by atoms with Crippen LogP contribution in [0.1, 0.15) is 12.0 Å². The summed E-state index contributed by atoms with van der Waals surface area (Å²) in [6.45, 7) is 2.49. The lowest BCUT2D eigenvalue weighted by Crippen LogP contribution is -2.17. The second-order valence-corrected chi connectivity index (χ2v) is 7.73. The molecule has 0 unspecified atom stereocenters. The van der Waals surface area contributed by atoms with Crippen LogP contribution < -0.4 is 10.6 Å². The van der Waals surface area contributed by atoms with Crippen molar-refractivity contribution in [2.75, 3.05) is 18.4 Å². The van der Waals surface area contributed by atoms with Gasteiger partial charge in [0.15, 0.2) is 0 Å². The van der Waals surface area contributed by atoms with Crippen LogP contribution in [0.25, 0.3) is 21.0 Å². The first-order valence-corrected chi connectivity index (χ1v) is 10.1. The highest BCUT2D eigenvalue weighted by Gasteiger charge is 2.05. The Hall–Kier alpha value is -2.21. The fourth-order valence-corrected chi connectivity index (χ4v) is 4.24. The first-order chi connectivity index (χ1) is 13.2. The van der Waals surface area contributed by atoms with Gasteiger partial charge in [0.1, 0.15) is 5.82 Å². The third-order valence-corrected chi connectivity index (χ3v) is 5.73. The van der Waals surface area contributed by atoms with Gasteiger partial charge in [-0.2, -0.15) is 0 Å². The molecule has 6 heteroatoms. The Morgan fingerprint density at radius 2 is 1.96 bits per heavy atom. The normalized spacial score (nSPS) is 11.3. The van der Waals surface area contributed by atoms with Crippen molar-refractivity contribution in [3.63, 3.8) is 0 Å². The summed E-state index contributed by atoms with van der Waals surface area (Å²) in [5.41, 5.74) is 3.11. The maximum absolute atomic E-state index is 13.4. The molecule has 0 aliphatic carbocycles. The highest BCUT2D eigenvalue weighted by atomic mass is 35.5. The monoisotopic (exact) mass is 399 g/mol. The van der Waals surface area contributed by atoms with E-state index < -0.39 is 0 Å². The molecular formula is C21H19ClFN3S. The lowest BCUT2D eigenvalue weighted by molar-refractivity contribution is 0.629. The number of anilines is 1. The second kappa shape index (κ2) is 8.21. The number of hydrogen-bond acceptors (Lipinski definition) is 4. The van der Waals surface area contributed by atoms with Gasteiger partial charge in [-0.3, -0.25) is 4.98 Å². The SMILES string of the molecule is Fc1ccc2scc(CNCCCNc3ccnc4cc(Cl)ccc34)c2c1. The minimum absolute atomic E-state index is 0.183. The standard InChI is InChI=1S/C21H19ClFN3S/c22-15-2-4-17-19(6-9-26-20(17)10-15)25-8-1-7-24-12-14-13-27-21-5-3-16(23)11-18(14)21/h2-6,9-11,13,24H,1,7-8,12H2,(H,25,26). The molecule has 0 saturated carbocycles. The fourth-order valence-electron chi connectivity index (χ4n) is 3.13. The van der Waals surface area contributed by atoms with Crippen molar-refractivity contribution in [2.45, 2.75) is 13.0 Å². The molecule has 0 atom stereocenters. The first kappa shape index (κ1) is 18.2. The number of nitrogens with zero attached hydrogens (tertiary/aromatic N) is 1. The maximum Gasteiger partial charge on any atom is 0.123 e. The van der Waals surface area contributed by atoms with Crippen LogP contribution in [0.2, 0.25) is 5.02 Å². The van der Waals surface area contributed by atoms with E-state index in [0.717, 1.165) is 58.3 Å². The topological polar surface area (TPSA) is 37.0 Å². The number of rotatable bonds is 7. The van der Waals surface area contributed by atoms with Crippen LogP contribution in [-0.4, -0.2) is 18.1 Å². The van der Waals surface area contributed by atoms with E-state index in [1.54, 1.807) is 23.6 Å². The molecule has 2 aromatic carbocycles. The molecule has 2 heterocycles. The summed E-state index contributed by atoms with van der Waals surface area (Å²) < 4.78 is 14.6. The summed E-state index contributed by atoms with van der Waals surface area (Å²) in [7, 11) is 0. The van der Waals surface area contributed by atoms with Gasteiger partial charge in [0.05, 0.1) is 5.52 Å². The molecule has 2 aromatic heterocycles. The second-order valence-electron chi connectivity index (χ2n) is 6.38. The van der Waals surface area contributed by atoms with E-state index in [2.05, 4.69) is 21.0 Å². The minimum atomic E-state index is -0.183. The summed E-state index contributed by atoms with van der Waals surface area (Å²) in [6, 6.07) is 12.7. The van der Waals surface area contributed by atoms with E-state index in [4.69, 9.17) is 11.6 Å². The number of fused-ring (bicyclic) bond motifs is 2. The molecule has 3 nitrogen and oxygen atoms in total. The Kier molecular flexibility index (Phi) is 5.53. The average Bonchev–Trinajstić information content (AvgIpc) is 3.06. The lowest BCUT2D eigenvalue weighted by atomic mass is 10.1. The number of thiophene rings is 1. The van der Waals surface area contributed by atoms with Crippen molar-refractivity contribution in [1.82, 2.24) is 10.3 Å². The zero-order chi connectivity index (χ0) is 18.6. The Morgan fingerprint density at radius 1 is 1.04 bits per heavy atom. The molecule has 138 valence electrons. The summed E-state index contributed by atoms with van der Waals surface area (Å²) >= 11 is 7.69.